The molecule has 0 N–H and O–H groups in total. The first-order valence-corrected chi connectivity index (χ1v) is 7.53. The van der Waals surface area contributed by atoms with Gasteiger partial charge in [0.05, 0.1) is 10.8 Å². The lowest BCUT2D eigenvalue weighted by Gasteiger charge is -2.25. The summed E-state index contributed by atoms with van der Waals surface area (Å²) in [5.41, 5.74) is 0. The van der Waals surface area contributed by atoms with Crippen LogP contribution in [0.4, 0.5) is 0 Å². The predicted octanol–water partition coefficient (Wildman–Crippen LogP) is 3.94. The van der Waals surface area contributed by atoms with Crippen LogP contribution in [0.3, 0.4) is 0 Å². The lowest BCUT2D eigenvalue weighted by atomic mass is 9.91. The Bertz CT molecular complexity index is 346. The highest BCUT2D eigenvalue weighted by Crippen LogP contribution is 2.32. The Kier molecular flexibility index (Phi) is 4.42. The molecule has 0 saturated heterocycles. The summed E-state index contributed by atoms with van der Waals surface area (Å²) in [5.74, 6) is 0.427. The lowest BCUT2D eigenvalue weighted by Crippen LogP contribution is -2.22. The van der Waals surface area contributed by atoms with Gasteiger partial charge in [-0.3, -0.25) is 4.21 Å². The second-order valence-electron chi connectivity index (χ2n) is 4.36. The quantitative estimate of drug-likeness (QED) is 0.749. The monoisotopic (exact) mass is 256 g/mol. The second-order valence-corrected chi connectivity index (χ2v) is 6.66. The standard InChI is InChI=1S/C13H17ClOS/c14-13(11-7-3-1-4-8-11)16(15)12-9-5-2-6-10-12/h2,5-6,9-11,13H,1,3-4,7-8H2. The number of alkyl halides is 1. The van der Waals surface area contributed by atoms with Crippen LogP contribution >= 0.6 is 11.6 Å². The maximum absolute atomic E-state index is 12.2. The van der Waals surface area contributed by atoms with Gasteiger partial charge in [0.1, 0.15) is 4.71 Å². The number of halogens is 1. The summed E-state index contributed by atoms with van der Waals surface area (Å²) >= 11 is 6.34. The fourth-order valence-corrected chi connectivity index (χ4v) is 4.12. The summed E-state index contributed by atoms with van der Waals surface area (Å²) in [6.07, 6.45) is 6.04. The molecule has 1 saturated carbocycles. The van der Waals surface area contributed by atoms with Crippen molar-refractivity contribution in [3.8, 4) is 0 Å². The molecular formula is C13H17ClOS. The molecule has 0 spiro atoms. The molecule has 1 aromatic rings. The maximum Gasteiger partial charge on any atom is 0.116 e. The van der Waals surface area contributed by atoms with Crippen molar-refractivity contribution in [1.82, 2.24) is 0 Å². The summed E-state index contributed by atoms with van der Waals surface area (Å²) in [4.78, 5) is 0.855. The molecule has 16 heavy (non-hydrogen) atoms. The van der Waals surface area contributed by atoms with E-state index in [0.29, 0.717) is 5.92 Å². The van der Waals surface area contributed by atoms with E-state index in [2.05, 4.69) is 0 Å². The largest absolute Gasteiger partial charge is 0.253 e. The van der Waals surface area contributed by atoms with E-state index < -0.39 is 10.8 Å². The fourth-order valence-electron chi connectivity index (χ4n) is 2.26. The van der Waals surface area contributed by atoms with Crippen molar-refractivity contribution < 1.29 is 4.21 Å². The highest BCUT2D eigenvalue weighted by molar-refractivity contribution is 7.87. The van der Waals surface area contributed by atoms with E-state index in [9.17, 15) is 4.21 Å². The van der Waals surface area contributed by atoms with Crippen LogP contribution in [0, 0.1) is 5.92 Å². The summed E-state index contributed by atoms with van der Waals surface area (Å²) in [7, 11) is -1.06. The average Bonchev–Trinajstić information content (AvgIpc) is 2.39. The topological polar surface area (TPSA) is 17.1 Å². The van der Waals surface area contributed by atoms with Gasteiger partial charge in [0, 0.05) is 4.90 Å². The number of hydrogen-bond donors (Lipinski definition) is 0. The zero-order valence-corrected chi connectivity index (χ0v) is 10.8. The lowest BCUT2D eigenvalue weighted by molar-refractivity contribution is 0.376. The average molecular weight is 257 g/mol. The first-order chi connectivity index (χ1) is 7.79. The van der Waals surface area contributed by atoms with E-state index in [1.54, 1.807) is 0 Å². The molecule has 0 aliphatic heterocycles. The SMILES string of the molecule is O=S(c1ccccc1)C(Cl)C1CCCCC1. The van der Waals surface area contributed by atoms with Crippen LogP contribution in [0.15, 0.2) is 35.2 Å². The van der Waals surface area contributed by atoms with Crippen molar-refractivity contribution in [2.45, 2.75) is 41.7 Å². The fraction of sp³-hybridized carbons (Fsp3) is 0.538. The van der Waals surface area contributed by atoms with Crippen LogP contribution in [0.5, 0.6) is 0 Å². The first kappa shape index (κ1) is 12.1. The molecule has 0 radical (unpaired) electrons. The van der Waals surface area contributed by atoms with Crippen LogP contribution < -0.4 is 0 Å². The van der Waals surface area contributed by atoms with Crippen molar-refractivity contribution in [1.29, 1.82) is 0 Å². The first-order valence-electron chi connectivity index (χ1n) is 5.89. The van der Waals surface area contributed by atoms with Crippen molar-refractivity contribution in [3.05, 3.63) is 30.3 Å². The molecule has 0 amide bonds. The molecule has 0 bridgehead atoms. The van der Waals surface area contributed by atoms with Gasteiger partial charge in [-0.05, 0) is 30.9 Å². The van der Waals surface area contributed by atoms with Gasteiger partial charge in [-0.25, -0.2) is 0 Å². The summed E-state index contributed by atoms with van der Waals surface area (Å²) < 4.78 is 12.0. The number of benzene rings is 1. The molecule has 88 valence electrons. The van der Waals surface area contributed by atoms with Crippen LogP contribution in [0.2, 0.25) is 0 Å². The van der Waals surface area contributed by atoms with E-state index in [1.165, 1.54) is 19.3 Å². The Morgan fingerprint density at radius 3 is 2.38 bits per heavy atom. The van der Waals surface area contributed by atoms with Crippen molar-refractivity contribution >= 4 is 22.4 Å². The molecule has 1 nitrogen and oxygen atoms in total. The summed E-state index contributed by atoms with van der Waals surface area (Å²) in [6.45, 7) is 0. The van der Waals surface area contributed by atoms with Crippen molar-refractivity contribution in [3.63, 3.8) is 0 Å². The molecule has 2 rings (SSSR count). The normalized spacial score (nSPS) is 21.6. The molecule has 1 aromatic carbocycles. The van der Waals surface area contributed by atoms with Gasteiger partial charge in [0.25, 0.3) is 0 Å². The van der Waals surface area contributed by atoms with Crippen molar-refractivity contribution in [2.24, 2.45) is 5.92 Å². The molecule has 0 heterocycles. The molecule has 0 aromatic heterocycles. The minimum atomic E-state index is -1.06. The minimum Gasteiger partial charge on any atom is -0.253 e. The number of hydrogen-bond acceptors (Lipinski definition) is 1. The van der Waals surface area contributed by atoms with E-state index in [1.807, 2.05) is 30.3 Å². The van der Waals surface area contributed by atoms with Crippen LogP contribution in [-0.2, 0) is 10.8 Å². The molecule has 3 heteroatoms. The van der Waals surface area contributed by atoms with E-state index in [4.69, 9.17) is 11.6 Å². The summed E-state index contributed by atoms with van der Waals surface area (Å²) in [5, 5.41) is 0. The molecule has 2 atom stereocenters. The highest BCUT2D eigenvalue weighted by atomic mass is 35.5. The third kappa shape index (κ3) is 2.86. The van der Waals surface area contributed by atoms with Gasteiger partial charge < -0.3 is 0 Å². The van der Waals surface area contributed by atoms with Gasteiger partial charge in [-0.1, -0.05) is 37.5 Å². The van der Waals surface area contributed by atoms with Gasteiger partial charge in [0.15, 0.2) is 0 Å². The Hall–Kier alpha value is -0.340. The van der Waals surface area contributed by atoms with Gasteiger partial charge in [0.2, 0.25) is 0 Å². The molecular weight excluding hydrogens is 240 g/mol. The zero-order valence-electron chi connectivity index (χ0n) is 9.27. The number of rotatable bonds is 3. The highest BCUT2D eigenvalue weighted by Gasteiger charge is 2.27. The summed E-state index contributed by atoms with van der Waals surface area (Å²) in [6, 6.07) is 9.56. The predicted molar refractivity (Wildman–Crippen MR) is 69.1 cm³/mol. The molecule has 1 fully saturated rings. The van der Waals surface area contributed by atoms with Crippen LogP contribution in [-0.4, -0.2) is 8.92 Å². The Morgan fingerprint density at radius 1 is 1.12 bits per heavy atom. The Morgan fingerprint density at radius 2 is 1.75 bits per heavy atom. The van der Waals surface area contributed by atoms with Crippen LogP contribution in [0.25, 0.3) is 0 Å². The molecule has 2 unspecified atom stereocenters. The second kappa shape index (κ2) is 5.83. The Balaban J connectivity index is 2.04. The minimum absolute atomic E-state index is 0.220. The molecule has 1 aliphatic carbocycles. The van der Waals surface area contributed by atoms with Gasteiger partial charge in [-0.15, -0.1) is 11.6 Å². The zero-order chi connectivity index (χ0) is 11.4. The molecule has 1 aliphatic rings. The van der Waals surface area contributed by atoms with Crippen molar-refractivity contribution in [2.75, 3.05) is 0 Å². The third-order valence-electron chi connectivity index (χ3n) is 3.20. The maximum atomic E-state index is 12.2. The van der Waals surface area contributed by atoms with E-state index in [0.717, 1.165) is 17.7 Å². The van der Waals surface area contributed by atoms with Gasteiger partial charge >= 0.3 is 0 Å². The Labute approximate surface area is 105 Å². The van der Waals surface area contributed by atoms with Crippen LogP contribution in [0.1, 0.15) is 32.1 Å². The van der Waals surface area contributed by atoms with E-state index in [-0.39, 0.29) is 4.71 Å². The van der Waals surface area contributed by atoms with Gasteiger partial charge in [-0.2, -0.15) is 0 Å². The third-order valence-corrected chi connectivity index (χ3v) is 5.57. The van der Waals surface area contributed by atoms with E-state index >= 15 is 0 Å². The smallest absolute Gasteiger partial charge is 0.116 e.